The lowest BCUT2D eigenvalue weighted by Crippen LogP contribution is -2.15. The summed E-state index contributed by atoms with van der Waals surface area (Å²) < 4.78 is 11.2. The van der Waals surface area contributed by atoms with E-state index in [1.807, 2.05) is 18.2 Å². The molecule has 0 aliphatic heterocycles. The molecule has 0 unspecified atom stereocenters. The molecule has 4 heteroatoms. The van der Waals surface area contributed by atoms with Crippen molar-refractivity contribution < 1.29 is 9.47 Å². The van der Waals surface area contributed by atoms with Gasteiger partial charge in [-0.2, -0.15) is 0 Å². The third-order valence-electron chi connectivity index (χ3n) is 2.39. The van der Waals surface area contributed by atoms with Crippen LogP contribution in [0.4, 0.5) is 5.69 Å². The van der Waals surface area contributed by atoms with E-state index < -0.39 is 0 Å². The number of hydrogen-bond donors (Lipinski definition) is 1. The highest BCUT2D eigenvalue weighted by molar-refractivity contribution is 5.50. The summed E-state index contributed by atoms with van der Waals surface area (Å²) in [5.74, 6) is 1.55. The largest absolute Gasteiger partial charge is 0.493 e. The molecule has 1 rings (SSSR count). The fourth-order valence-corrected chi connectivity index (χ4v) is 1.55. The number of nitrogens with zero attached hydrogens (tertiary/aromatic N) is 1. The summed E-state index contributed by atoms with van der Waals surface area (Å²) in [6.45, 7) is 4.48. The van der Waals surface area contributed by atoms with Gasteiger partial charge in [-0.15, -0.1) is 0 Å². The highest BCUT2D eigenvalue weighted by Gasteiger charge is 2.01. The van der Waals surface area contributed by atoms with Gasteiger partial charge in [0.2, 0.25) is 0 Å². The van der Waals surface area contributed by atoms with Gasteiger partial charge in [-0.1, -0.05) is 6.92 Å². The molecule has 0 heterocycles. The van der Waals surface area contributed by atoms with Gasteiger partial charge in [0, 0.05) is 30.4 Å². The monoisotopic (exact) mass is 252 g/mol. The molecule has 18 heavy (non-hydrogen) atoms. The standard InChI is InChI=1S/C14H24N2O2/c1-4-7-17-13-9-12(15)10-14(11-13)18-8-5-6-16(2)3/h9-11H,4-8,15H2,1-3H3. The van der Waals surface area contributed by atoms with E-state index in [1.165, 1.54) is 0 Å². The second kappa shape index (κ2) is 7.82. The maximum Gasteiger partial charge on any atom is 0.125 e. The Kier molecular flexibility index (Phi) is 6.36. The first-order valence-electron chi connectivity index (χ1n) is 6.42. The molecule has 102 valence electrons. The van der Waals surface area contributed by atoms with Crippen LogP contribution in [0, 0.1) is 0 Å². The van der Waals surface area contributed by atoms with Crippen LogP contribution >= 0.6 is 0 Å². The van der Waals surface area contributed by atoms with Crippen molar-refractivity contribution in [2.24, 2.45) is 0 Å². The number of nitrogen functional groups attached to an aromatic ring is 1. The van der Waals surface area contributed by atoms with E-state index in [2.05, 4.69) is 25.9 Å². The number of rotatable bonds is 8. The molecule has 0 atom stereocenters. The van der Waals surface area contributed by atoms with Gasteiger partial charge in [-0.25, -0.2) is 0 Å². The van der Waals surface area contributed by atoms with E-state index in [0.717, 1.165) is 30.9 Å². The minimum atomic E-state index is 0.672. The average Bonchev–Trinajstić information content (AvgIpc) is 2.31. The lowest BCUT2D eigenvalue weighted by molar-refractivity contribution is 0.277. The van der Waals surface area contributed by atoms with Crippen molar-refractivity contribution in [1.29, 1.82) is 0 Å². The summed E-state index contributed by atoms with van der Waals surface area (Å²) in [6.07, 6.45) is 1.97. The van der Waals surface area contributed by atoms with Crippen LogP contribution < -0.4 is 15.2 Å². The lowest BCUT2D eigenvalue weighted by Gasteiger charge is -2.12. The van der Waals surface area contributed by atoms with Gasteiger partial charge >= 0.3 is 0 Å². The van der Waals surface area contributed by atoms with E-state index in [4.69, 9.17) is 15.2 Å². The molecule has 0 saturated heterocycles. The van der Waals surface area contributed by atoms with Crippen molar-refractivity contribution in [3.63, 3.8) is 0 Å². The van der Waals surface area contributed by atoms with Crippen LogP contribution in [-0.2, 0) is 0 Å². The number of nitrogens with two attached hydrogens (primary N) is 1. The zero-order valence-corrected chi connectivity index (χ0v) is 11.6. The Bertz CT molecular complexity index is 354. The van der Waals surface area contributed by atoms with Crippen LogP contribution in [0.2, 0.25) is 0 Å². The van der Waals surface area contributed by atoms with Gasteiger partial charge in [0.1, 0.15) is 11.5 Å². The molecule has 0 aromatic heterocycles. The van der Waals surface area contributed by atoms with Gasteiger partial charge in [0.05, 0.1) is 13.2 Å². The van der Waals surface area contributed by atoms with Crippen LogP contribution in [0.3, 0.4) is 0 Å². The van der Waals surface area contributed by atoms with Crippen molar-refractivity contribution in [2.45, 2.75) is 19.8 Å². The first-order chi connectivity index (χ1) is 8.61. The number of benzene rings is 1. The molecule has 0 saturated carbocycles. The fourth-order valence-electron chi connectivity index (χ4n) is 1.55. The van der Waals surface area contributed by atoms with Gasteiger partial charge in [0.15, 0.2) is 0 Å². The number of hydrogen-bond acceptors (Lipinski definition) is 4. The Morgan fingerprint density at radius 2 is 1.67 bits per heavy atom. The van der Waals surface area contributed by atoms with Crippen molar-refractivity contribution in [1.82, 2.24) is 4.90 Å². The molecule has 0 amide bonds. The summed E-state index contributed by atoms with van der Waals surface area (Å²) in [6, 6.07) is 5.54. The van der Waals surface area contributed by atoms with Crippen molar-refractivity contribution >= 4 is 5.69 Å². The van der Waals surface area contributed by atoms with Gasteiger partial charge in [-0.05, 0) is 26.9 Å². The molecule has 0 aliphatic carbocycles. The van der Waals surface area contributed by atoms with E-state index in [1.54, 1.807) is 0 Å². The predicted molar refractivity (Wildman–Crippen MR) is 75.3 cm³/mol. The van der Waals surface area contributed by atoms with E-state index in [-0.39, 0.29) is 0 Å². The van der Waals surface area contributed by atoms with E-state index in [9.17, 15) is 0 Å². The molecule has 2 N–H and O–H groups in total. The van der Waals surface area contributed by atoms with Crippen LogP contribution in [0.15, 0.2) is 18.2 Å². The van der Waals surface area contributed by atoms with Crippen LogP contribution in [0.1, 0.15) is 19.8 Å². The number of ether oxygens (including phenoxy) is 2. The lowest BCUT2D eigenvalue weighted by atomic mass is 10.3. The molecule has 4 nitrogen and oxygen atoms in total. The van der Waals surface area contributed by atoms with Crippen LogP contribution in [0.25, 0.3) is 0 Å². The van der Waals surface area contributed by atoms with Gasteiger partial charge in [-0.3, -0.25) is 0 Å². The molecular formula is C14H24N2O2. The smallest absolute Gasteiger partial charge is 0.125 e. The molecule has 0 radical (unpaired) electrons. The SMILES string of the molecule is CCCOc1cc(N)cc(OCCCN(C)C)c1. The summed E-state index contributed by atoms with van der Waals surface area (Å²) in [5, 5.41) is 0. The molecule has 1 aromatic rings. The van der Waals surface area contributed by atoms with Crippen molar-refractivity contribution in [3.05, 3.63) is 18.2 Å². The maximum absolute atomic E-state index is 5.82. The molecule has 0 bridgehead atoms. The van der Waals surface area contributed by atoms with Gasteiger partial charge < -0.3 is 20.1 Å². The quantitative estimate of drug-likeness (QED) is 0.570. The summed E-state index contributed by atoms with van der Waals surface area (Å²) in [4.78, 5) is 2.14. The second-order valence-corrected chi connectivity index (χ2v) is 4.59. The topological polar surface area (TPSA) is 47.7 Å². The van der Waals surface area contributed by atoms with Crippen molar-refractivity contribution in [2.75, 3.05) is 39.6 Å². The average molecular weight is 252 g/mol. The highest BCUT2D eigenvalue weighted by atomic mass is 16.5. The Morgan fingerprint density at radius 3 is 2.22 bits per heavy atom. The minimum absolute atomic E-state index is 0.672. The molecule has 0 spiro atoms. The zero-order chi connectivity index (χ0) is 13.4. The summed E-state index contributed by atoms with van der Waals surface area (Å²) in [7, 11) is 4.11. The third kappa shape index (κ3) is 5.77. The second-order valence-electron chi connectivity index (χ2n) is 4.59. The van der Waals surface area contributed by atoms with Crippen LogP contribution in [-0.4, -0.2) is 38.8 Å². The normalized spacial score (nSPS) is 10.7. The number of anilines is 1. The Morgan fingerprint density at radius 1 is 1.06 bits per heavy atom. The van der Waals surface area contributed by atoms with E-state index >= 15 is 0 Å². The minimum Gasteiger partial charge on any atom is -0.493 e. The van der Waals surface area contributed by atoms with Crippen LogP contribution in [0.5, 0.6) is 11.5 Å². The Labute approximate surface area is 110 Å². The summed E-state index contributed by atoms with van der Waals surface area (Å²) in [5.41, 5.74) is 6.49. The first-order valence-corrected chi connectivity index (χ1v) is 6.42. The fraction of sp³-hybridized carbons (Fsp3) is 0.571. The van der Waals surface area contributed by atoms with Crippen molar-refractivity contribution in [3.8, 4) is 11.5 Å². The first kappa shape index (κ1) is 14.6. The Balaban J connectivity index is 2.46. The Hall–Kier alpha value is -1.42. The molecule has 1 aromatic carbocycles. The van der Waals surface area contributed by atoms with Gasteiger partial charge in [0.25, 0.3) is 0 Å². The molecular weight excluding hydrogens is 228 g/mol. The highest BCUT2D eigenvalue weighted by Crippen LogP contribution is 2.24. The summed E-state index contributed by atoms with van der Waals surface area (Å²) >= 11 is 0. The predicted octanol–water partition coefficient (Wildman–Crippen LogP) is 2.39. The maximum atomic E-state index is 5.82. The van der Waals surface area contributed by atoms with E-state index in [0.29, 0.717) is 18.9 Å². The molecule has 0 fully saturated rings. The molecule has 0 aliphatic rings. The zero-order valence-electron chi connectivity index (χ0n) is 11.6. The third-order valence-corrected chi connectivity index (χ3v) is 2.39.